The molecule has 0 aromatic heterocycles. The molecule has 0 spiro atoms. The van der Waals surface area contributed by atoms with Gasteiger partial charge >= 0.3 is 0 Å². The van der Waals surface area contributed by atoms with Gasteiger partial charge in [0.15, 0.2) is 0 Å². The molecule has 2 heterocycles. The third-order valence-corrected chi connectivity index (χ3v) is 5.41. The van der Waals surface area contributed by atoms with Crippen molar-refractivity contribution in [3.8, 4) is 5.75 Å². The molecular formula is C22H30N2O3. The summed E-state index contributed by atoms with van der Waals surface area (Å²) in [5.74, 6) is 1.08. The van der Waals surface area contributed by atoms with Gasteiger partial charge in [-0.15, -0.1) is 6.58 Å². The number of hydrogen-bond donors (Lipinski definition) is 0. The molecule has 1 aromatic carbocycles. The fraction of sp³-hybridized carbons (Fsp3) is 0.545. The highest BCUT2D eigenvalue weighted by molar-refractivity contribution is 5.88. The second kappa shape index (κ2) is 9.58. The van der Waals surface area contributed by atoms with Gasteiger partial charge in [0.2, 0.25) is 11.8 Å². The fourth-order valence-corrected chi connectivity index (χ4v) is 3.99. The Kier molecular flexibility index (Phi) is 6.91. The molecule has 0 N–H and O–H groups in total. The highest BCUT2D eigenvalue weighted by Crippen LogP contribution is 2.23. The number of carbonyl (C=O) groups is 2. The lowest BCUT2D eigenvalue weighted by atomic mass is 10.1. The lowest BCUT2D eigenvalue weighted by Gasteiger charge is -2.27. The maximum absolute atomic E-state index is 12.7. The number of likely N-dealkylation sites (tertiary alicyclic amines) is 2. The molecule has 5 nitrogen and oxygen atoms in total. The van der Waals surface area contributed by atoms with Crippen LogP contribution in [0, 0.1) is 0 Å². The van der Waals surface area contributed by atoms with Crippen molar-refractivity contribution in [1.82, 2.24) is 9.80 Å². The number of amides is 2. The van der Waals surface area contributed by atoms with Crippen molar-refractivity contribution in [2.24, 2.45) is 0 Å². The van der Waals surface area contributed by atoms with Gasteiger partial charge in [-0.2, -0.15) is 0 Å². The first-order valence-corrected chi connectivity index (χ1v) is 10.1. The lowest BCUT2D eigenvalue weighted by molar-refractivity contribution is -0.143. The Labute approximate surface area is 162 Å². The van der Waals surface area contributed by atoms with E-state index in [1.807, 2.05) is 35.2 Å². The smallest absolute Gasteiger partial charge is 0.245 e. The number of carbonyl (C=O) groups excluding carboxylic acids is 2. The largest absolute Gasteiger partial charge is 0.493 e. The molecule has 0 saturated carbocycles. The van der Waals surface area contributed by atoms with Gasteiger partial charge in [-0.05, 0) is 50.2 Å². The zero-order valence-corrected chi connectivity index (χ0v) is 16.1. The molecule has 146 valence electrons. The fourth-order valence-electron chi connectivity index (χ4n) is 3.99. The van der Waals surface area contributed by atoms with Crippen LogP contribution in [-0.2, 0) is 16.0 Å². The van der Waals surface area contributed by atoms with Crippen LogP contribution in [0.1, 0.15) is 44.1 Å². The molecule has 27 heavy (non-hydrogen) atoms. The molecule has 2 saturated heterocycles. The summed E-state index contributed by atoms with van der Waals surface area (Å²) in [7, 11) is 0. The Balaban J connectivity index is 1.46. The van der Waals surface area contributed by atoms with Crippen molar-refractivity contribution in [1.29, 1.82) is 0 Å². The molecule has 2 aliphatic heterocycles. The van der Waals surface area contributed by atoms with E-state index in [0.717, 1.165) is 56.5 Å². The van der Waals surface area contributed by atoms with Crippen molar-refractivity contribution < 1.29 is 14.3 Å². The van der Waals surface area contributed by atoms with Crippen LogP contribution >= 0.6 is 0 Å². The van der Waals surface area contributed by atoms with E-state index in [4.69, 9.17) is 4.74 Å². The molecule has 3 rings (SSSR count). The van der Waals surface area contributed by atoms with E-state index >= 15 is 0 Å². The van der Waals surface area contributed by atoms with E-state index in [0.29, 0.717) is 26.0 Å². The van der Waals surface area contributed by atoms with Crippen molar-refractivity contribution >= 4 is 11.8 Å². The first-order chi connectivity index (χ1) is 13.2. The van der Waals surface area contributed by atoms with E-state index in [1.165, 1.54) is 0 Å². The van der Waals surface area contributed by atoms with Gasteiger partial charge in [0.1, 0.15) is 11.8 Å². The highest BCUT2D eigenvalue weighted by atomic mass is 16.5. The molecule has 5 heteroatoms. The van der Waals surface area contributed by atoms with Crippen LogP contribution in [0.2, 0.25) is 0 Å². The number of allylic oxidation sites excluding steroid dienone is 1. The molecule has 0 bridgehead atoms. The number of nitrogens with zero attached hydrogens (tertiary/aromatic N) is 2. The predicted molar refractivity (Wildman–Crippen MR) is 106 cm³/mol. The summed E-state index contributed by atoms with van der Waals surface area (Å²) >= 11 is 0. The minimum atomic E-state index is -0.246. The SMILES string of the molecule is C=CCc1ccccc1OCCCC(=O)N1CCC[C@H]1C(=O)N1CCCC1. The summed E-state index contributed by atoms with van der Waals surface area (Å²) in [4.78, 5) is 29.0. The van der Waals surface area contributed by atoms with Crippen LogP contribution in [-0.4, -0.2) is 53.9 Å². The number of ether oxygens (including phenoxy) is 1. The molecule has 0 aliphatic carbocycles. The van der Waals surface area contributed by atoms with Gasteiger partial charge in [-0.3, -0.25) is 9.59 Å². The molecule has 1 atom stereocenters. The Morgan fingerprint density at radius 2 is 1.93 bits per heavy atom. The molecule has 0 unspecified atom stereocenters. The van der Waals surface area contributed by atoms with E-state index in [1.54, 1.807) is 4.90 Å². The summed E-state index contributed by atoms with van der Waals surface area (Å²) in [6, 6.07) is 7.67. The topological polar surface area (TPSA) is 49.9 Å². The van der Waals surface area contributed by atoms with Crippen LogP contribution in [0.15, 0.2) is 36.9 Å². The minimum absolute atomic E-state index is 0.0769. The Bertz CT molecular complexity index is 667. The van der Waals surface area contributed by atoms with Crippen LogP contribution in [0.5, 0.6) is 5.75 Å². The van der Waals surface area contributed by atoms with Gasteiger partial charge in [-0.25, -0.2) is 0 Å². The number of para-hydroxylation sites is 1. The van der Waals surface area contributed by atoms with Crippen LogP contribution in [0.4, 0.5) is 0 Å². The van der Waals surface area contributed by atoms with Crippen LogP contribution in [0.25, 0.3) is 0 Å². The summed E-state index contributed by atoms with van der Waals surface area (Å²) in [6.45, 7) is 6.66. The number of benzene rings is 1. The quantitative estimate of drug-likeness (QED) is 0.522. The summed E-state index contributed by atoms with van der Waals surface area (Å²) in [6.07, 6.45) is 7.58. The Hall–Kier alpha value is -2.30. The van der Waals surface area contributed by atoms with E-state index in [-0.39, 0.29) is 17.9 Å². The van der Waals surface area contributed by atoms with E-state index in [9.17, 15) is 9.59 Å². The van der Waals surface area contributed by atoms with Crippen molar-refractivity contribution in [3.05, 3.63) is 42.5 Å². The van der Waals surface area contributed by atoms with Crippen molar-refractivity contribution in [2.45, 2.75) is 51.0 Å². The standard InChI is InChI=1S/C22H30N2O3/c1-2-9-18-10-3-4-12-20(18)27-17-8-13-21(25)24-16-7-11-19(24)22(26)23-14-5-6-15-23/h2-4,10,12,19H,1,5-9,11,13-17H2/t19-/m0/s1. The Morgan fingerprint density at radius 1 is 1.15 bits per heavy atom. The van der Waals surface area contributed by atoms with Gasteiger partial charge < -0.3 is 14.5 Å². The molecule has 2 amide bonds. The molecule has 1 aromatic rings. The van der Waals surface area contributed by atoms with Gasteiger partial charge in [0, 0.05) is 26.1 Å². The van der Waals surface area contributed by atoms with Gasteiger partial charge in [0.05, 0.1) is 6.61 Å². The monoisotopic (exact) mass is 370 g/mol. The maximum Gasteiger partial charge on any atom is 0.245 e. The third kappa shape index (κ3) is 4.90. The summed E-state index contributed by atoms with van der Waals surface area (Å²) in [5.41, 5.74) is 1.11. The zero-order valence-electron chi connectivity index (χ0n) is 16.1. The summed E-state index contributed by atoms with van der Waals surface area (Å²) < 4.78 is 5.86. The first kappa shape index (κ1) is 19.5. The van der Waals surface area contributed by atoms with Gasteiger partial charge in [-0.1, -0.05) is 24.3 Å². The predicted octanol–water partition coefficient (Wildman–Crippen LogP) is 3.19. The van der Waals surface area contributed by atoms with Crippen molar-refractivity contribution in [3.63, 3.8) is 0 Å². The molecule has 2 aliphatic rings. The van der Waals surface area contributed by atoms with Gasteiger partial charge in [0.25, 0.3) is 0 Å². The second-order valence-corrected chi connectivity index (χ2v) is 7.33. The average Bonchev–Trinajstić information content (AvgIpc) is 3.37. The second-order valence-electron chi connectivity index (χ2n) is 7.33. The zero-order chi connectivity index (χ0) is 19.1. The number of hydrogen-bond acceptors (Lipinski definition) is 3. The number of rotatable bonds is 8. The van der Waals surface area contributed by atoms with Crippen LogP contribution in [0.3, 0.4) is 0 Å². The minimum Gasteiger partial charge on any atom is -0.493 e. The normalized spacial score (nSPS) is 19.3. The first-order valence-electron chi connectivity index (χ1n) is 10.1. The lowest BCUT2D eigenvalue weighted by Crippen LogP contribution is -2.46. The van der Waals surface area contributed by atoms with Crippen molar-refractivity contribution in [2.75, 3.05) is 26.2 Å². The molecular weight excluding hydrogens is 340 g/mol. The maximum atomic E-state index is 12.7. The van der Waals surface area contributed by atoms with Crippen LogP contribution < -0.4 is 4.74 Å². The summed E-state index contributed by atoms with van der Waals surface area (Å²) in [5, 5.41) is 0. The molecule has 2 fully saturated rings. The third-order valence-electron chi connectivity index (χ3n) is 5.41. The molecule has 0 radical (unpaired) electrons. The van der Waals surface area contributed by atoms with E-state index in [2.05, 4.69) is 6.58 Å². The average molecular weight is 370 g/mol. The Morgan fingerprint density at radius 3 is 2.70 bits per heavy atom. The highest BCUT2D eigenvalue weighted by Gasteiger charge is 2.36. The van der Waals surface area contributed by atoms with E-state index < -0.39 is 0 Å².